The van der Waals surface area contributed by atoms with Gasteiger partial charge in [-0.05, 0) is 25.0 Å². The van der Waals surface area contributed by atoms with Gasteiger partial charge in [-0.2, -0.15) is 11.8 Å². The van der Waals surface area contributed by atoms with Gasteiger partial charge in [0.2, 0.25) is 5.91 Å². The maximum atomic E-state index is 11.9. The van der Waals surface area contributed by atoms with Crippen LogP contribution in [0.3, 0.4) is 0 Å². The van der Waals surface area contributed by atoms with E-state index in [0.29, 0.717) is 12.8 Å². The molecule has 1 aliphatic carbocycles. The Balaban J connectivity index is 1.95. The molecular formula is C9H15N3O2S. The van der Waals surface area contributed by atoms with E-state index in [-0.39, 0.29) is 17.8 Å². The smallest absolute Gasteiger partial charge is 0.234 e. The Labute approximate surface area is 92.5 Å². The van der Waals surface area contributed by atoms with Gasteiger partial charge in [-0.25, -0.2) is 0 Å². The van der Waals surface area contributed by atoms with E-state index in [1.165, 1.54) is 0 Å². The second kappa shape index (κ2) is 3.92. The number of amides is 1. The number of carbonyl (C=O) groups excluding carboxylic acids is 1. The monoisotopic (exact) mass is 229 g/mol. The summed E-state index contributed by atoms with van der Waals surface area (Å²) < 4.78 is 0. The molecule has 1 unspecified atom stereocenters. The number of hydrogen-bond donors (Lipinski definition) is 3. The molecule has 0 spiro atoms. The molecule has 2 aliphatic rings. The van der Waals surface area contributed by atoms with E-state index in [9.17, 15) is 4.79 Å². The van der Waals surface area contributed by atoms with Crippen LogP contribution in [0.25, 0.3) is 0 Å². The molecule has 1 heterocycles. The van der Waals surface area contributed by atoms with Crippen LogP contribution < -0.4 is 11.1 Å². The molecule has 1 aliphatic heterocycles. The zero-order chi connectivity index (χ0) is 10.9. The molecule has 2 fully saturated rings. The van der Waals surface area contributed by atoms with Gasteiger partial charge in [0.1, 0.15) is 5.41 Å². The van der Waals surface area contributed by atoms with E-state index in [2.05, 4.69) is 10.5 Å². The third-order valence-electron chi connectivity index (χ3n) is 3.05. The predicted octanol–water partition coefficient (Wildman–Crippen LogP) is 0.135. The van der Waals surface area contributed by atoms with Gasteiger partial charge in [0, 0.05) is 11.8 Å². The van der Waals surface area contributed by atoms with Gasteiger partial charge in [0.25, 0.3) is 0 Å². The number of rotatable bonds is 3. The second-order valence-corrected chi connectivity index (χ2v) is 5.25. The molecular weight excluding hydrogens is 214 g/mol. The summed E-state index contributed by atoms with van der Waals surface area (Å²) in [6, 6.07) is 0.256. The molecule has 1 amide bonds. The highest BCUT2D eigenvalue weighted by Gasteiger charge is 2.54. The van der Waals surface area contributed by atoms with Gasteiger partial charge in [-0.1, -0.05) is 5.16 Å². The molecule has 5 nitrogen and oxygen atoms in total. The molecule has 1 atom stereocenters. The zero-order valence-corrected chi connectivity index (χ0v) is 9.22. The minimum Gasteiger partial charge on any atom is -0.409 e. The first-order valence-electron chi connectivity index (χ1n) is 5.06. The Hall–Kier alpha value is -0.910. The van der Waals surface area contributed by atoms with Crippen molar-refractivity contribution in [1.29, 1.82) is 0 Å². The predicted molar refractivity (Wildman–Crippen MR) is 58.9 cm³/mol. The Bertz CT molecular complexity index is 296. The van der Waals surface area contributed by atoms with Crippen LogP contribution in [0.2, 0.25) is 0 Å². The lowest BCUT2D eigenvalue weighted by atomic mass is 10.0. The minimum atomic E-state index is -0.706. The molecule has 0 aromatic carbocycles. The van der Waals surface area contributed by atoms with E-state index >= 15 is 0 Å². The molecule has 2 rings (SSSR count). The van der Waals surface area contributed by atoms with Gasteiger partial charge in [0.15, 0.2) is 5.84 Å². The highest BCUT2D eigenvalue weighted by molar-refractivity contribution is 7.99. The SMILES string of the molecule is NC(=NO)C1(C(=O)NC2CCSC2)CC1. The summed E-state index contributed by atoms with van der Waals surface area (Å²) in [5, 5.41) is 14.5. The lowest BCUT2D eigenvalue weighted by molar-refractivity contribution is -0.124. The number of oxime groups is 1. The summed E-state index contributed by atoms with van der Waals surface area (Å²) in [6.45, 7) is 0. The van der Waals surface area contributed by atoms with Crippen molar-refractivity contribution in [2.45, 2.75) is 25.3 Å². The molecule has 4 N–H and O–H groups in total. The minimum absolute atomic E-state index is 0.0469. The van der Waals surface area contributed by atoms with Crippen molar-refractivity contribution >= 4 is 23.5 Å². The molecule has 0 aromatic rings. The first kappa shape index (κ1) is 10.6. The summed E-state index contributed by atoms with van der Waals surface area (Å²) in [5.74, 6) is 2.04. The fraction of sp³-hybridized carbons (Fsp3) is 0.778. The molecule has 1 saturated carbocycles. The lowest BCUT2D eigenvalue weighted by Crippen LogP contribution is -2.45. The van der Waals surface area contributed by atoms with Crippen molar-refractivity contribution in [2.24, 2.45) is 16.3 Å². The van der Waals surface area contributed by atoms with Gasteiger partial charge in [-0.3, -0.25) is 4.79 Å². The largest absolute Gasteiger partial charge is 0.409 e. The third-order valence-corrected chi connectivity index (χ3v) is 4.21. The Morgan fingerprint density at radius 2 is 2.33 bits per heavy atom. The van der Waals surface area contributed by atoms with Crippen LogP contribution in [0.1, 0.15) is 19.3 Å². The quantitative estimate of drug-likeness (QED) is 0.278. The van der Waals surface area contributed by atoms with Crippen LogP contribution in [0.5, 0.6) is 0 Å². The fourth-order valence-corrected chi connectivity index (χ4v) is 2.94. The van der Waals surface area contributed by atoms with Gasteiger partial charge in [0.05, 0.1) is 0 Å². The Kier molecular flexibility index (Phi) is 2.77. The third kappa shape index (κ3) is 1.90. The van der Waals surface area contributed by atoms with E-state index in [4.69, 9.17) is 10.9 Å². The number of amidine groups is 1. The average Bonchev–Trinajstić information content (AvgIpc) is 2.91. The first-order valence-corrected chi connectivity index (χ1v) is 6.21. The molecule has 1 saturated heterocycles. The second-order valence-electron chi connectivity index (χ2n) is 4.10. The Morgan fingerprint density at radius 1 is 1.60 bits per heavy atom. The lowest BCUT2D eigenvalue weighted by Gasteiger charge is -2.17. The molecule has 0 aromatic heterocycles. The molecule has 15 heavy (non-hydrogen) atoms. The summed E-state index contributed by atoms with van der Waals surface area (Å²) in [7, 11) is 0. The van der Waals surface area contributed by atoms with Gasteiger partial charge >= 0.3 is 0 Å². The van der Waals surface area contributed by atoms with Crippen molar-refractivity contribution < 1.29 is 10.0 Å². The van der Waals surface area contributed by atoms with Crippen molar-refractivity contribution in [3.05, 3.63) is 0 Å². The van der Waals surface area contributed by atoms with Crippen molar-refractivity contribution in [3.63, 3.8) is 0 Å². The highest BCUT2D eigenvalue weighted by atomic mass is 32.2. The number of thioether (sulfide) groups is 1. The normalized spacial score (nSPS) is 28.8. The maximum absolute atomic E-state index is 11.9. The zero-order valence-electron chi connectivity index (χ0n) is 8.40. The van der Waals surface area contributed by atoms with Crippen LogP contribution >= 0.6 is 11.8 Å². The summed E-state index contributed by atoms with van der Waals surface area (Å²) in [6.07, 6.45) is 2.39. The standard InChI is InChI=1S/C9H15N3O2S/c10-7(12-14)9(2-3-9)8(13)11-6-1-4-15-5-6/h6,14H,1-5H2,(H2,10,12)(H,11,13). The summed E-state index contributed by atoms with van der Waals surface area (Å²) in [4.78, 5) is 11.9. The van der Waals surface area contributed by atoms with Crippen molar-refractivity contribution in [1.82, 2.24) is 5.32 Å². The number of nitrogens with two attached hydrogens (primary N) is 1. The Morgan fingerprint density at radius 3 is 2.80 bits per heavy atom. The number of hydrogen-bond acceptors (Lipinski definition) is 4. The molecule has 0 radical (unpaired) electrons. The topological polar surface area (TPSA) is 87.7 Å². The van der Waals surface area contributed by atoms with Crippen LogP contribution in [0.15, 0.2) is 5.16 Å². The summed E-state index contributed by atoms with van der Waals surface area (Å²) >= 11 is 1.84. The van der Waals surface area contributed by atoms with Gasteiger partial charge < -0.3 is 16.3 Å². The van der Waals surface area contributed by atoms with Crippen LogP contribution in [-0.4, -0.2) is 34.5 Å². The number of nitrogens with one attached hydrogen (secondary N) is 1. The van der Waals surface area contributed by atoms with E-state index < -0.39 is 5.41 Å². The average molecular weight is 229 g/mol. The number of carbonyl (C=O) groups is 1. The fourth-order valence-electron chi connectivity index (χ4n) is 1.79. The van der Waals surface area contributed by atoms with Crippen LogP contribution in [-0.2, 0) is 4.79 Å². The van der Waals surface area contributed by atoms with Gasteiger partial charge in [-0.15, -0.1) is 0 Å². The molecule has 0 bridgehead atoms. The number of nitrogens with zero attached hydrogens (tertiary/aromatic N) is 1. The van der Waals surface area contributed by atoms with Crippen molar-refractivity contribution in [3.8, 4) is 0 Å². The molecule has 84 valence electrons. The van der Waals surface area contributed by atoms with E-state index in [1.807, 2.05) is 11.8 Å². The maximum Gasteiger partial charge on any atom is 0.234 e. The van der Waals surface area contributed by atoms with Crippen LogP contribution in [0, 0.1) is 5.41 Å². The first-order chi connectivity index (χ1) is 7.19. The van der Waals surface area contributed by atoms with E-state index in [0.717, 1.165) is 17.9 Å². The van der Waals surface area contributed by atoms with Crippen molar-refractivity contribution in [2.75, 3.05) is 11.5 Å². The van der Waals surface area contributed by atoms with E-state index in [1.54, 1.807) is 0 Å². The molecule has 6 heteroatoms. The highest BCUT2D eigenvalue weighted by Crippen LogP contribution is 2.46. The summed E-state index contributed by atoms with van der Waals surface area (Å²) in [5.41, 5.74) is 4.82. The van der Waals surface area contributed by atoms with Crippen LogP contribution in [0.4, 0.5) is 0 Å².